The van der Waals surface area contributed by atoms with Crippen molar-refractivity contribution in [3.8, 4) is 5.69 Å². The fourth-order valence-corrected chi connectivity index (χ4v) is 2.94. The second kappa shape index (κ2) is 6.71. The van der Waals surface area contributed by atoms with E-state index in [-0.39, 0.29) is 5.91 Å². The maximum Gasteiger partial charge on any atom is 0.276 e. The van der Waals surface area contributed by atoms with E-state index >= 15 is 0 Å². The highest BCUT2D eigenvalue weighted by atomic mass is 32.2. The van der Waals surface area contributed by atoms with E-state index in [0.29, 0.717) is 5.69 Å². The molecule has 1 heterocycles. The Bertz CT molecular complexity index is 800. The third kappa shape index (κ3) is 3.00. The average Bonchev–Trinajstić information content (AvgIpc) is 3.06. The Labute approximate surface area is 139 Å². The molecule has 0 radical (unpaired) electrons. The molecule has 116 valence electrons. The first kappa shape index (κ1) is 15.4. The molecule has 2 aromatic carbocycles. The van der Waals surface area contributed by atoms with Crippen molar-refractivity contribution < 1.29 is 4.79 Å². The van der Waals surface area contributed by atoms with E-state index in [2.05, 4.69) is 4.98 Å². The SMILES string of the molecule is CSc1ncc(C(=O)N(C)c2ccccc2)n1-c1ccccc1. The summed E-state index contributed by atoms with van der Waals surface area (Å²) in [7, 11) is 1.78. The number of para-hydroxylation sites is 2. The number of anilines is 1. The zero-order chi connectivity index (χ0) is 16.2. The molecule has 23 heavy (non-hydrogen) atoms. The van der Waals surface area contributed by atoms with Crippen LogP contribution in [0.2, 0.25) is 0 Å². The van der Waals surface area contributed by atoms with Gasteiger partial charge in [-0.2, -0.15) is 0 Å². The molecule has 0 saturated heterocycles. The Kier molecular flexibility index (Phi) is 4.48. The van der Waals surface area contributed by atoms with Crippen LogP contribution in [0.4, 0.5) is 5.69 Å². The van der Waals surface area contributed by atoms with Gasteiger partial charge in [-0.05, 0) is 30.5 Å². The van der Waals surface area contributed by atoms with E-state index in [4.69, 9.17) is 0 Å². The van der Waals surface area contributed by atoms with Crippen molar-refractivity contribution >= 4 is 23.4 Å². The van der Waals surface area contributed by atoms with Crippen molar-refractivity contribution in [2.24, 2.45) is 0 Å². The van der Waals surface area contributed by atoms with Crippen LogP contribution in [0.5, 0.6) is 0 Å². The zero-order valence-corrected chi connectivity index (χ0v) is 13.8. The molecule has 3 aromatic rings. The molecule has 1 aromatic heterocycles. The number of carbonyl (C=O) groups excluding carboxylic acids is 1. The van der Waals surface area contributed by atoms with Gasteiger partial charge in [-0.3, -0.25) is 9.36 Å². The van der Waals surface area contributed by atoms with Gasteiger partial charge in [0.2, 0.25) is 0 Å². The smallest absolute Gasteiger partial charge is 0.276 e. The molecule has 1 amide bonds. The molecule has 0 fully saturated rings. The van der Waals surface area contributed by atoms with Crippen LogP contribution in [0.3, 0.4) is 0 Å². The van der Waals surface area contributed by atoms with Gasteiger partial charge in [0.1, 0.15) is 5.69 Å². The van der Waals surface area contributed by atoms with Crippen LogP contribution in [-0.2, 0) is 0 Å². The first-order valence-corrected chi connectivity index (χ1v) is 8.45. The van der Waals surface area contributed by atoms with Crippen molar-refractivity contribution in [1.29, 1.82) is 0 Å². The number of rotatable bonds is 4. The summed E-state index contributed by atoms with van der Waals surface area (Å²) in [5.41, 5.74) is 2.33. The van der Waals surface area contributed by atoms with Gasteiger partial charge in [-0.15, -0.1) is 0 Å². The van der Waals surface area contributed by atoms with E-state index in [1.165, 1.54) is 11.8 Å². The fourth-order valence-electron chi connectivity index (χ4n) is 2.40. The molecule has 0 aliphatic rings. The van der Waals surface area contributed by atoms with Gasteiger partial charge in [0, 0.05) is 18.4 Å². The number of nitrogens with zero attached hydrogens (tertiary/aromatic N) is 3. The number of carbonyl (C=O) groups is 1. The number of amides is 1. The van der Waals surface area contributed by atoms with Crippen molar-refractivity contribution in [3.05, 3.63) is 72.6 Å². The molecule has 0 spiro atoms. The Hall–Kier alpha value is -2.53. The minimum atomic E-state index is -0.0900. The third-order valence-corrected chi connectivity index (χ3v) is 4.25. The highest BCUT2D eigenvalue weighted by molar-refractivity contribution is 7.98. The minimum absolute atomic E-state index is 0.0900. The number of hydrogen-bond donors (Lipinski definition) is 0. The Morgan fingerprint density at radius 1 is 1.04 bits per heavy atom. The molecule has 0 aliphatic carbocycles. The van der Waals surface area contributed by atoms with Gasteiger partial charge < -0.3 is 4.90 Å². The van der Waals surface area contributed by atoms with Gasteiger partial charge in [0.25, 0.3) is 5.91 Å². The third-order valence-electron chi connectivity index (χ3n) is 3.59. The van der Waals surface area contributed by atoms with Crippen molar-refractivity contribution in [2.75, 3.05) is 18.2 Å². The van der Waals surface area contributed by atoms with Crippen LogP contribution in [0.15, 0.2) is 72.0 Å². The summed E-state index contributed by atoms with van der Waals surface area (Å²) in [5, 5.41) is 0.793. The second-order valence-corrected chi connectivity index (χ2v) is 5.77. The minimum Gasteiger partial charge on any atom is -0.310 e. The topological polar surface area (TPSA) is 38.1 Å². The van der Waals surface area contributed by atoms with Gasteiger partial charge in [0.05, 0.1) is 6.20 Å². The lowest BCUT2D eigenvalue weighted by atomic mass is 10.2. The normalized spacial score (nSPS) is 10.5. The lowest BCUT2D eigenvalue weighted by Crippen LogP contribution is -2.28. The Morgan fingerprint density at radius 2 is 1.65 bits per heavy atom. The molecule has 0 atom stereocenters. The molecule has 0 saturated carbocycles. The van der Waals surface area contributed by atoms with Gasteiger partial charge in [-0.1, -0.05) is 48.2 Å². The summed E-state index contributed by atoms with van der Waals surface area (Å²) in [6, 6.07) is 19.4. The first-order valence-electron chi connectivity index (χ1n) is 7.22. The van der Waals surface area contributed by atoms with Crippen LogP contribution in [0.1, 0.15) is 10.5 Å². The monoisotopic (exact) mass is 323 g/mol. The van der Waals surface area contributed by atoms with E-state index in [0.717, 1.165) is 16.5 Å². The first-order chi connectivity index (χ1) is 11.2. The van der Waals surface area contributed by atoms with Crippen LogP contribution >= 0.6 is 11.8 Å². The standard InChI is InChI=1S/C18H17N3OS/c1-20(14-9-5-3-6-10-14)17(22)16-13-19-18(23-2)21(16)15-11-7-4-8-12-15/h3-13H,1-2H3. The summed E-state index contributed by atoms with van der Waals surface area (Å²) in [5.74, 6) is -0.0900. The summed E-state index contributed by atoms with van der Waals surface area (Å²) in [6.07, 6.45) is 3.59. The average molecular weight is 323 g/mol. The van der Waals surface area contributed by atoms with Crippen molar-refractivity contribution in [1.82, 2.24) is 9.55 Å². The Morgan fingerprint density at radius 3 is 2.26 bits per heavy atom. The number of aromatic nitrogens is 2. The predicted molar refractivity (Wildman–Crippen MR) is 94.5 cm³/mol. The molecule has 0 bridgehead atoms. The summed E-state index contributed by atoms with van der Waals surface area (Å²) in [6.45, 7) is 0. The zero-order valence-electron chi connectivity index (χ0n) is 13.0. The summed E-state index contributed by atoms with van der Waals surface area (Å²) >= 11 is 1.52. The summed E-state index contributed by atoms with van der Waals surface area (Å²) < 4.78 is 1.90. The molecule has 0 unspecified atom stereocenters. The molecule has 5 heteroatoms. The molecular weight excluding hydrogens is 306 g/mol. The van der Waals surface area contributed by atoms with Crippen molar-refractivity contribution in [3.63, 3.8) is 0 Å². The van der Waals surface area contributed by atoms with E-state index in [1.807, 2.05) is 71.5 Å². The Balaban J connectivity index is 2.04. The number of thioether (sulfide) groups is 1. The maximum absolute atomic E-state index is 12.9. The fraction of sp³-hybridized carbons (Fsp3) is 0.111. The van der Waals surface area contributed by atoms with E-state index in [1.54, 1.807) is 18.1 Å². The van der Waals surface area contributed by atoms with E-state index in [9.17, 15) is 4.79 Å². The lowest BCUT2D eigenvalue weighted by molar-refractivity contribution is 0.0986. The molecule has 0 N–H and O–H groups in total. The predicted octanol–water partition coefficient (Wildman–Crippen LogP) is 3.87. The highest BCUT2D eigenvalue weighted by Crippen LogP contribution is 2.23. The molecule has 4 nitrogen and oxygen atoms in total. The summed E-state index contributed by atoms with van der Waals surface area (Å²) in [4.78, 5) is 19.0. The van der Waals surface area contributed by atoms with Crippen LogP contribution < -0.4 is 4.90 Å². The number of imidazole rings is 1. The lowest BCUT2D eigenvalue weighted by Gasteiger charge is -2.18. The van der Waals surface area contributed by atoms with E-state index < -0.39 is 0 Å². The molecular formula is C18H17N3OS. The largest absolute Gasteiger partial charge is 0.310 e. The molecule has 3 rings (SSSR count). The molecule has 0 aliphatic heterocycles. The van der Waals surface area contributed by atoms with Crippen LogP contribution in [-0.4, -0.2) is 28.8 Å². The second-order valence-electron chi connectivity index (χ2n) is 5.00. The van der Waals surface area contributed by atoms with Crippen LogP contribution in [0, 0.1) is 0 Å². The number of hydrogen-bond acceptors (Lipinski definition) is 3. The highest BCUT2D eigenvalue weighted by Gasteiger charge is 2.21. The van der Waals surface area contributed by atoms with Gasteiger partial charge >= 0.3 is 0 Å². The van der Waals surface area contributed by atoms with Gasteiger partial charge in [-0.25, -0.2) is 4.98 Å². The number of benzene rings is 2. The van der Waals surface area contributed by atoms with Gasteiger partial charge in [0.15, 0.2) is 5.16 Å². The van der Waals surface area contributed by atoms with Crippen molar-refractivity contribution in [2.45, 2.75) is 5.16 Å². The van der Waals surface area contributed by atoms with Crippen LogP contribution in [0.25, 0.3) is 5.69 Å². The quantitative estimate of drug-likeness (QED) is 0.684. The maximum atomic E-state index is 12.9.